The van der Waals surface area contributed by atoms with E-state index in [9.17, 15) is 4.79 Å². The molecule has 0 aliphatic carbocycles. The molecule has 0 aromatic carbocycles. The molecule has 4 aromatic heterocycles. The Labute approximate surface area is 182 Å². The number of nitrogens with zero attached hydrogens (tertiary/aromatic N) is 5. The van der Waals surface area contributed by atoms with E-state index in [4.69, 9.17) is 16.6 Å². The molecule has 0 atom stereocenters. The minimum atomic E-state index is -0.123. The summed E-state index contributed by atoms with van der Waals surface area (Å²) in [6.07, 6.45) is 1.80. The van der Waals surface area contributed by atoms with Gasteiger partial charge in [0.25, 0.3) is 5.91 Å². The molecule has 0 aliphatic rings. The fraction of sp³-hybridized carbons (Fsp3) is 0.250. The zero-order chi connectivity index (χ0) is 20.5. The van der Waals surface area contributed by atoms with Gasteiger partial charge >= 0.3 is 0 Å². The lowest BCUT2D eigenvalue weighted by atomic mass is 10.2. The van der Waals surface area contributed by atoms with Gasteiger partial charge in [-0.3, -0.25) is 9.69 Å². The molecule has 29 heavy (non-hydrogen) atoms. The molecule has 4 heterocycles. The zero-order valence-corrected chi connectivity index (χ0v) is 18.7. The highest BCUT2D eigenvalue weighted by molar-refractivity contribution is 7.20. The van der Waals surface area contributed by atoms with E-state index in [1.165, 1.54) is 4.88 Å². The van der Waals surface area contributed by atoms with Crippen LogP contribution in [-0.4, -0.2) is 51.2 Å². The number of amides is 1. The van der Waals surface area contributed by atoms with Crippen LogP contribution in [0.2, 0.25) is 5.02 Å². The van der Waals surface area contributed by atoms with Gasteiger partial charge in [-0.1, -0.05) is 17.7 Å². The summed E-state index contributed by atoms with van der Waals surface area (Å²) >= 11 is 9.54. The van der Waals surface area contributed by atoms with Crippen molar-refractivity contribution in [3.05, 3.63) is 63.3 Å². The van der Waals surface area contributed by atoms with Crippen molar-refractivity contribution < 1.29 is 4.79 Å². The third kappa shape index (κ3) is 4.20. The minimum absolute atomic E-state index is 0.123. The number of thiophene rings is 1. The van der Waals surface area contributed by atoms with Gasteiger partial charge in [0.05, 0.1) is 21.3 Å². The normalized spacial score (nSPS) is 11.5. The van der Waals surface area contributed by atoms with E-state index in [2.05, 4.69) is 26.7 Å². The molecule has 150 valence electrons. The van der Waals surface area contributed by atoms with Crippen LogP contribution in [-0.2, 0) is 13.1 Å². The Kier molecular flexibility index (Phi) is 5.69. The lowest BCUT2D eigenvalue weighted by Gasteiger charge is -2.17. The van der Waals surface area contributed by atoms with E-state index in [-0.39, 0.29) is 5.91 Å². The molecular weight excluding hydrogens is 426 g/mol. The molecule has 0 aliphatic heterocycles. The number of pyridine rings is 1. The fourth-order valence-corrected chi connectivity index (χ4v) is 4.87. The minimum Gasteiger partial charge on any atom is -0.343 e. The molecule has 0 saturated carbocycles. The van der Waals surface area contributed by atoms with Gasteiger partial charge in [-0.05, 0) is 30.6 Å². The summed E-state index contributed by atoms with van der Waals surface area (Å²) in [7, 11) is 5.47. The number of hydrogen-bond acceptors (Lipinski definition) is 6. The van der Waals surface area contributed by atoms with E-state index in [0.717, 1.165) is 16.4 Å². The Morgan fingerprint density at radius 2 is 1.97 bits per heavy atom. The predicted molar refractivity (Wildman–Crippen MR) is 119 cm³/mol. The van der Waals surface area contributed by atoms with E-state index in [1.54, 1.807) is 53.9 Å². The number of carbonyl (C=O) groups is 1. The number of rotatable bonds is 6. The first-order valence-electron chi connectivity index (χ1n) is 8.97. The van der Waals surface area contributed by atoms with Gasteiger partial charge in [0.15, 0.2) is 5.69 Å². The number of halogens is 1. The summed E-state index contributed by atoms with van der Waals surface area (Å²) in [6.45, 7) is 1.22. The number of hydrogen-bond donors (Lipinski definition) is 0. The molecule has 0 spiro atoms. The highest BCUT2D eigenvalue weighted by Crippen LogP contribution is 2.28. The van der Waals surface area contributed by atoms with E-state index in [1.807, 2.05) is 23.6 Å². The van der Waals surface area contributed by atoms with Crippen LogP contribution in [0.15, 0.2) is 41.2 Å². The van der Waals surface area contributed by atoms with Crippen LogP contribution < -0.4 is 0 Å². The monoisotopic (exact) mass is 445 g/mol. The standard InChI is InChI=1S/C20H20ClN5OS2/c1-24(2)20(27)18-15(26-9-13(21)6-7-17(26)23-18)11-25(3)10-14-12-29-19(22-14)16-5-4-8-28-16/h4-9,12H,10-11H2,1-3H3. The van der Waals surface area contributed by atoms with Gasteiger partial charge in [0.2, 0.25) is 0 Å². The second kappa shape index (κ2) is 8.23. The maximum atomic E-state index is 12.7. The first kappa shape index (κ1) is 20.0. The Morgan fingerprint density at radius 3 is 2.69 bits per heavy atom. The van der Waals surface area contributed by atoms with Gasteiger partial charge in [0, 0.05) is 38.8 Å². The van der Waals surface area contributed by atoms with Gasteiger partial charge in [-0.25, -0.2) is 9.97 Å². The second-order valence-corrected chi connectivity index (χ2v) is 9.22. The maximum absolute atomic E-state index is 12.7. The Bertz CT molecular complexity index is 1150. The van der Waals surface area contributed by atoms with Crippen LogP contribution in [0.4, 0.5) is 0 Å². The number of thiazole rings is 1. The molecule has 1 amide bonds. The summed E-state index contributed by atoms with van der Waals surface area (Å²) < 4.78 is 1.90. The lowest BCUT2D eigenvalue weighted by molar-refractivity contribution is 0.0820. The van der Waals surface area contributed by atoms with Crippen molar-refractivity contribution in [2.75, 3.05) is 21.1 Å². The molecule has 6 nitrogen and oxygen atoms in total. The van der Waals surface area contributed by atoms with Gasteiger partial charge < -0.3 is 9.30 Å². The highest BCUT2D eigenvalue weighted by Gasteiger charge is 2.22. The first-order chi connectivity index (χ1) is 13.9. The summed E-state index contributed by atoms with van der Waals surface area (Å²) in [5.74, 6) is -0.123. The summed E-state index contributed by atoms with van der Waals surface area (Å²) in [4.78, 5) is 26.8. The number of fused-ring (bicyclic) bond motifs is 1. The fourth-order valence-electron chi connectivity index (χ4n) is 3.08. The Morgan fingerprint density at radius 1 is 1.14 bits per heavy atom. The van der Waals surface area contributed by atoms with E-state index < -0.39 is 0 Å². The highest BCUT2D eigenvalue weighted by atomic mass is 35.5. The van der Waals surface area contributed by atoms with Gasteiger partial charge in [-0.15, -0.1) is 22.7 Å². The number of aromatic nitrogens is 3. The molecule has 9 heteroatoms. The zero-order valence-electron chi connectivity index (χ0n) is 16.3. The Balaban J connectivity index is 1.60. The quantitative estimate of drug-likeness (QED) is 0.438. The predicted octanol–water partition coefficient (Wildman–Crippen LogP) is 4.51. The number of carbonyl (C=O) groups excluding carboxylic acids is 1. The van der Waals surface area contributed by atoms with Crippen molar-refractivity contribution in [1.82, 2.24) is 24.2 Å². The summed E-state index contributed by atoms with van der Waals surface area (Å²) in [5, 5.41) is 5.78. The smallest absolute Gasteiger partial charge is 0.273 e. The topological polar surface area (TPSA) is 53.7 Å². The van der Waals surface area contributed by atoms with Crippen LogP contribution in [0.5, 0.6) is 0 Å². The average Bonchev–Trinajstić information content (AvgIpc) is 3.41. The molecule has 4 aromatic rings. The molecule has 0 fully saturated rings. The third-order valence-electron chi connectivity index (χ3n) is 4.43. The largest absolute Gasteiger partial charge is 0.343 e. The molecule has 0 unspecified atom stereocenters. The first-order valence-corrected chi connectivity index (χ1v) is 11.1. The molecule has 4 rings (SSSR count). The van der Waals surface area contributed by atoms with Crippen LogP contribution in [0.25, 0.3) is 15.5 Å². The molecule has 0 saturated heterocycles. The van der Waals surface area contributed by atoms with Crippen molar-refractivity contribution in [2.45, 2.75) is 13.1 Å². The van der Waals surface area contributed by atoms with Gasteiger partial charge in [0.1, 0.15) is 10.7 Å². The van der Waals surface area contributed by atoms with Crippen molar-refractivity contribution in [1.29, 1.82) is 0 Å². The summed E-state index contributed by atoms with van der Waals surface area (Å²) in [6, 6.07) is 7.72. The maximum Gasteiger partial charge on any atom is 0.273 e. The van der Waals surface area contributed by atoms with Crippen molar-refractivity contribution >= 4 is 45.8 Å². The SMILES string of the molecule is CN(Cc1csc(-c2cccs2)n1)Cc1c(C(=O)N(C)C)nc2ccc(Cl)cn12. The number of imidazole rings is 1. The second-order valence-electron chi connectivity index (χ2n) is 6.98. The molecular formula is C20H20ClN5OS2. The van der Waals surface area contributed by atoms with E-state index >= 15 is 0 Å². The van der Waals surface area contributed by atoms with Crippen LogP contribution in [0.1, 0.15) is 21.9 Å². The van der Waals surface area contributed by atoms with Crippen LogP contribution in [0, 0.1) is 0 Å². The van der Waals surface area contributed by atoms with E-state index in [0.29, 0.717) is 29.5 Å². The summed E-state index contributed by atoms with van der Waals surface area (Å²) in [5.41, 5.74) is 2.98. The third-order valence-corrected chi connectivity index (χ3v) is 6.58. The van der Waals surface area contributed by atoms with Crippen LogP contribution >= 0.6 is 34.3 Å². The van der Waals surface area contributed by atoms with Crippen molar-refractivity contribution in [3.63, 3.8) is 0 Å². The van der Waals surface area contributed by atoms with Crippen molar-refractivity contribution in [2.24, 2.45) is 0 Å². The Hall–Kier alpha value is -2.26. The molecule has 0 bridgehead atoms. The molecule has 0 radical (unpaired) electrons. The molecule has 0 N–H and O–H groups in total. The van der Waals surface area contributed by atoms with Crippen molar-refractivity contribution in [3.8, 4) is 9.88 Å². The van der Waals surface area contributed by atoms with Crippen LogP contribution in [0.3, 0.4) is 0 Å². The average molecular weight is 446 g/mol. The lowest BCUT2D eigenvalue weighted by Crippen LogP contribution is -2.26. The van der Waals surface area contributed by atoms with Gasteiger partial charge in [-0.2, -0.15) is 0 Å².